The molecule has 0 aromatic heterocycles. The molecule has 0 amide bonds. The molecule has 1 N–H and O–H groups in total. The molecular weight excluding hydrogens is 505 g/mol. The van der Waals surface area contributed by atoms with Crippen LogP contribution < -0.4 is 5.32 Å². The molecule has 0 spiro atoms. The Bertz CT molecular complexity index is 1060. The van der Waals surface area contributed by atoms with Gasteiger partial charge in [-0.3, -0.25) is 4.21 Å². The van der Waals surface area contributed by atoms with Crippen molar-refractivity contribution in [2.45, 2.75) is 86.8 Å². The van der Waals surface area contributed by atoms with Crippen LogP contribution >= 0.6 is 23.2 Å². The number of hydrogen-bond acceptors (Lipinski definition) is 2. The number of anilines is 1. The molecule has 3 aromatic carbocycles. The summed E-state index contributed by atoms with van der Waals surface area (Å²) in [4.78, 5) is 0.754. The lowest BCUT2D eigenvalue weighted by Crippen LogP contribution is -2.39. The molecule has 0 aliphatic heterocycles. The zero-order valence-electron chi connectivity index (χ0n) is 21.5. The molecule has 2 nitrogen and oxygen atoms in total. The lowest BCUT2D eigenvalue weighted by molar-refractivity contribution is 0.518. The van der Waals surface area contributed by atoms with E-state index in [0.717, 1.165) is 34.6 Å². The van der Waals surface area contributed by atoms with E-state index in [0.29, 0.717) is 11.4 Å². The summed E-state index contributed by atoms with van der Waals surface area (Å²) in [5.74, 6) is 0. The molecule has 3 rings (SSSR count). The van der Waals surface area contributed by atoms with Gasteiger partial charge in [0.15, 0.2) is 0 Å². The minimum absolute atomic E-state index is 0.370. The van der Waals surface area contributed by atoms with Crippen molar-refractivity contribution >= 4 is 39.7 Å². The van der Waals surface area contributed by atoms with E-state index in [1.54, 1.807) is 0 Å². The van der Waals surface area contributed by atoms with E-state index < -0.39 is 15.0 Å². The molecule has 0 radical (unpaired) electrons. The van der Waals surface area contributed by atoms with Crippen LogP contribution in [-0.4, -0.2) is 8.42 Å². The molecule has 0 saturated heterocycles. The molecule has 0 fully saturated rings. The van der Waals surface area contributed by atoms with Crippen LogP contribution in [0.5, 0.6) is 0 Å². The van der Waals surface area contributed by atoms with E-state index in [2.05, 4.69) is 12.2 Å². The van der Waals surface area contributed by atoms with Gasteiger partial charge < -0.3 is 5.32 Å². The van der Waals surface area contributed by atoms with Gasteiger partial charge in [-0.1, -0.05) is 118 Å². The van der Waals surface area contributed by atoms with Crippen molar-refractivity contribution in [2.24, 2.45) is 0 Å². The first-order valence-corrected chi connectivity index (χ1v) is 15.1. The second kappa shape index (κ2) is 14.8. The Labute approximate surface area is 230 Å². The number of nitrogens with one attached hydrogen (secondary N) is 1. The Morgan fingerprint density at radius 3 is 2.00 bits per heavy atom. The van der Waals surface area contributed by atoms with Gasteiger partial charge in [0, 0.05) is 15.6 Å². The maximum absolute atomic E-state index is 14.2. The highest BCUT2D eigenvalue weighted by Gasteiger charge is 2.44. The standard InChI is InChI=1S/C31H39Cl2NOS/c1-3-4-5-6-7-8-9-13-24-31(33,36(35)29-22-16-25(2)17-23-29)30(26-18-20-27(32)21-19-26)34-28-14-11-10-12-15-28/h10-12,14-23,30,34H,3-9,13,24H2,1-2H3/t30-,31+,36+/m1/s1. The fourth-order valence-electron chi connectivity index (χ4n) is 4.50. The maximum atomic E-state index is 14.2. The first-order chi connectivity index (χ1) is 17.4. The van der Waals surface area contributed by atoms with Crippen molar-refractivity contribution in [3.8, 4) is 0 Å². The number of benzene rings is 3. The van der Waals surface area contributed by atoms with Crippen LogP contribution in [0.2, 0.25) is 5.02 Å². The van der Waals surface area contributed by atoms with Gasteiger partial charge in [-0.15, -0.1) is 11.6 Å². The molecule has 194 valence electrons. The normalized spacial score (nSPS) is 14.7. The predicted octanol–water partition coefficient (Wildman–Crippen LogP) is 10.1. The third kappa shape index (κ3) is 8.36. The molecule has 0 saturated carbocycles. The quantitative estimate of drug-likeness (QED) is 0.152. The SMILES string of the molecule is CCCCCCCCCC[C@@](Cl)([C@H](Nc1ccccc1)c1ccc(Cl)cc1)[S@@](=O)c1ccc(C)cc1. The molecule has 36 heavy (non-hydrogen) atoms. The number of halogens is 2. The third-order valence-electron chi connectivity index (χ3n) is 6.63. The van der Waals surface area contributed by atoms with E-state index in [1.807, 2.05) is 85.8 Å². The molecular formula is C31H39Cl2NOS. The van der Waals surface area contributed by atoms with E-state index in [9.17, 15) is 4.21 Å². The van der Waals surface area contributed by atoms with Crippen molar-refractivity contribution < 1.29 is 4.21 Å². The van der Waals surface area contributed by atoms with Crippen LogP contribution in [0.1, 0.15) is 81.9 Å². The van der Waals surface area contributed by atoms with Gasteiger partial charge in [-0.05, 0) is 55.3 Å². The van der Waals surface area contributed by atoms with Gasteiger partial charge in [0.05, 0.1) is 16.8 Å². The number of hydrogen-bond donors (Lipinski definition) is 1. The summed E-state index contributed by atoms with van der Waals surface area (Å²) in [5.41, 5.74) is 3.05. The van der Waals surface area contributed by atoms with Crippen LogP contribution in [-0.2, 0) is 10.8 Å². The van der Waals surface area contributed by atoms with Crippen LogP contribution in [0.3, 0.4) is 0 Å². The van der Waals surface area contributed by atoms with Crippen LogP contribution in [0.4, 0.5) is 5.69 Å². The molecule has 0 bridgehead atoms. The molecule has 0 aliphatic rings. The van der Waals surface area contributed by atoms with Crippen LogP contribution in [0, 0.1) is 6.92 Å². The second-order valence-electron chi connectivity index (χ2n) is 9.59. The summed E-state index contributed by atoms with van der Waals surface area (Å²) in [5, 5.41) is 4.29. The van der Waals surface area contributed by atoms with Gasteiger partial charge in [-0.2, -0.15) is 0 Å². The largest absolute Gasteiger partial charge is 0.375 e. The lowest BCUT2D eigenvalue weighted by atomic mass is 9.97. The average molecular weight is 545 g/mol. The Morgan fingerprint density at radius 2 is 1.39 bits per heavy atom. The highest BCUT2D eigenvalue weighted by molar-refractivity contribution is 7.88. The Hall–Kier alpha value is -1.81. The highest BCUT2D eigenvalue weighted by Crippen LogP contribution is 2.44. The summed E-state index contributed by atoms with van der Waals surface area (Å²) in [6, 6.07) is 25.3. The second-order valence-corrected chi connectivity index (χ2v) is 12.7. The summed E-state index contributed by atoms with van der Waals surface area (Å²) in [6.07, 6.45) is 10.3. The fourth-order valence-corrected chi connectivity index (χ4v) is 6.72. The van der Waals surface area contributed by atoms with Crippen molar-refractivity contribution in [2.75, 3.05) is 5.32 Å². The first-order valence-electron chi connectivity index (χ1n) is 13.2. The van der Waals surface area contributed by atoms with Gasteiger partial charge in [0.1, 0.15) is 4.21 Å². The van der Waals surface area contributed by atoms with E-state index in [1.165, 1.54) is 38.5 Å². The van der Waals surface area contributed by atoms with Crippen molar-refractivity contribution in [3.63, 3.8) is 0 Å². The van der Waals surface area contributed by atoms with E-state index in [-0.39, 0.29) is 6.04 Å². The Morgan fingerprint density at radius 1 is 0.806 bits per heavy atom. The molecule has 0 heterocycles. The summed E-state index contributed by atoms with van der Waals surface area (Å²) in [7, 11) is -1.45. The van der Waals surface area contributed by atoms with E-state index >= 15 is 0 Å². The van der Waals surface area contributed by atoms with Crippen LogP contribution in [0.25, 0.3) is 0 Å². The first kappa shape index (κ1) is 28.8. The zero-order valence-corrected chi connectivity index (χ0v) is 23.8. The highest BCUT2D eigenvalue weighted by atomic mass is 35.5. The number of alkyl halides is 1. The van der Waals surface area contributed by atoms with Gasteiger partial charge in [0.2, 0.25) is 0 Å². The third-order valence-corrected chi connectivity index (χ3v) is 9.47. The Balaban J connectivity index is 1.88. The lowest BCUT2D eigenvalue weighted by Gasteiger charge is -2.36. The minimum atomic E-state index is -1.45. The Kier molecular flexibility index (Phi) is 11.8. The van der Waals surface area contributed by atoms with Crippen LogP contribution in [0.15, 0.2) is 83.8 Å². The van der Waals surface area contributed by atoms with Gasteiger partial charge in [0.25, 0.3) is 0 Å². The van der Waals surface area contributed by atoms with Gasteiger partial charge in [-0.25, -0.2) is 0 Å². The predicted molar refractivity (Wildman–Crippen MR) is 158 cm³/mol. The summed E-state index contributed by atoms with van der Waals surface area (Å²) in [6.45, 7) is 4.28. The van der Waals surface area contributed by atoms with E-state index in [4.69, 9.17) is 23.2 Å². The zero-order chi connectivity index (χ0) is 25.8. The van der Waals surface area contributed by atoms with Crippen molar-refractivity contribution in [3.05, 3.63) is 95.0 Å². The van der Waals surface area contributed by atoms with Crippen molar-refractivity contribution in [1.82, 2.24) is 0 Å². The molecule has 0 aliphatic carbocycles. The number of unbranched alkanes of at least 4 members (excludes halogenated alkanes) is 7. The molecule has 3 aromatic rings. The number of para-hydroxylation sites is 1. The average Bonchev–Trinajstić information content (AvgIpc) is 2.90. The molecule has 0 unspecified atom stereocenters. The smallest absolute Gasteiger partial charge is 0.148 e. The summed E-state index contributed by atoms with van der Waals surface area (Å²) >= 11 is 13.8. The van der Waals surface area contributed by atoms with Crippen molar-refractivity contribution in [1.29, 1.82) is 0 Å². The summed E-state index contributed by atoms with van der Waals surface area (Å²) < 4.78 is 13.2. The number of aryl methyl sites for hydroxylation is 1. The maximum Gasteiger partial charge on any atom is 0.148 e. The molecule has 3 atom stereocenters. The molecule has 5 heteroatoms. The number of rotatable bonds is 15. The monoisotopic (exact) mass is 543 g/mol. The topological polar surface area (TPSA) is 29.1 Å². The van der Waals surface area contributed by atoms with Gasteiger partial charge >= 0.3 is 0 Å². The fraction of sp³-hybridized carbons (Fsp3) is 0.419. The minimum Gasteiger partial charge on any atom is -0.375 e.